The number of ether oxygens (including phenoxy) is 2. The van der Waals surface area contributed by atoms with Gasteiger partial charge in [0.2, 0.25) is 10.9 Å². The van der Waals surface area contributed by atoms with Crippen molar-refractivity contribution in [3.8, 4) is 0 Å². The minimum Gasteiger partial charge on any atom is -0.463 e. The van der Waals surface area contributed by atoms with Crippen molar-refractivity contribution in [3.63, 3.8) is 0 Å². The number of carbonyl (C=O) groups excluding carboxylic acids is 1. The number of hydrogen-bond acceptors (Lipinski definition) is 6. The third-order valence-electron chi connectivity index (χ3n) is 3.95. The third-order valence-corrected chi connectivity index (χ3v) is 5.74. The van der Waals surface area contributed by atoms with Gasteiger partial charge >= 0.3 is 5.97 Å². The van der Waals surface area contributed by atoms with E-state index in [1.165, 1.54) is 23.5 Å². The van der Waals surface area contributed by atoms with Crippen LogP contribution in [-0.2, 0) is 19.5 Å². The van der Waals surface area contributed by atoms with Crippen LogP contribution in [0.2, 0.25) is 0 Å². The molecule has 1 saturated carbocycles. The van der Waals surface area contributed by atoms with Crippen LogP contribution in [0.1, 0.15) is 29.8 Å². The Hall–Kier alpha value is -1.38. The Kier molecular flexibility index (Phi) is 4.24. The Labute approximate surface area is 129 Å². The second kappa shape index (κ2) is 6.02. The molecule has 0 aromatic carbocycles. The van der Waals surface area contributed by atoms with Gasteiger partial charge in [-0.2, -0.15) is 4.31 Å². The molecule has 22 heavy (non-hydrogen) atoms. The lowest BCUT2D eigenvalue weighted by Crippen LogP contribution is -2.37. The molecule has 0 spiro atoms. The van der Waals surface area contributed by atoms with Gasteiger partial charge in [0.05, 0.1) is 13.7 Å². The number of rotatable bonds is 6. The number of furan rings is 1. The Balaban J connectivity index is 1.82. The number of nitrogens with zero attached hydrogens (tertiary/aromatic N) is 1. The molecular weight excluding hydrogens is 310 g/mol. The van der Waals surface area contributed by atoms with Gasteiger partial charge in [-0.25, -0.2) is 13.2 Å². The molecule has 8 heteroatoms. The summed E-state index contributed by atoms with van der Waals surface area (Å²) in [6.45, 7) is 1.70. The fourth-order valence-electron chi connectivity index (χ4n) is 2.57. The van der Waals surface area contributed by atoms with Gasteiger partial charge in [0.1, 0.15) is 0 Å². The molecule has 1 atom stereocenters. The lowest BCUT2D eigenvalue weighted by Gasteiger charge is -2.23. The summed E-state index contributed by atoms with van der Waals surface area (Å²) in [7, 11) is -2.52. The normalized spacial score (nSPS) is 22.2. The van der Waals surface area contributed by atoms with Gasteiger partial charge < -0.3 is 13.9 Å². The zero-order chi connectivity index (χ0) is 15.7. The fourth-order valence-corrected chi connectivity index (χ4v) is 4.25. The maximum Gasteiger partial charge on any atom is 0.374 e. The highest BCUT2D eigenvalue weighted by Gasteiger charge is 2.41. The van der Waals surface area contributed by atoms with E-state index in [0.717, 1.165) is 19.3 Å². The van der Waals surface area contributed by atoms with E-state index < -0.39 is 16.0 Å². The van der Waals surface area contributed by atoms with Crippen LogP contribution in [0.4, 0.5) is 0 Å². The minimum absolute atomic E-state index is 0.0253. The van der Waals surface area contributed by atoms with Crippen LogP contribution >= 0.6 is 0 Å². The van der Waals surface area contributed by atoms with Gasteiger partial charge in [0, 0.05) is 19.2 Å². The summed E-state index contributed by atoms with van der Waals surface area (Å²) in [5, 5.41) is -0.210. The first-order valence-electron chi connectivity index (χ1n) is 7.30. The predicted octanol–water partition coefficient (Wildman–Crippen LogP) is 1.26. The largest absolute Gasteiger partial charge is 0.463 e. The average molecular weight is 329 g/mol. The van der Waals surface area contributed by atoms with Crippen molar-refractivity contribution in [3.05, 3.63) is 17.9 Å². The van der Waals surface area contributed by atoms with Crippen LogP contribution in [0, 0.1) is 5.92 Å². The molecule has 0 amide bonds. The van der Waals surface area contributed by atoms with E-state index in [9.17, 15) is 13.2 Å². The van der Waals surface area contributed by atoms with Crippen LogP contribution in [0.3, 0.4) is 0 Å². The molecular formula is C14H19NO6S. The average Bonchev–Trinajstić information content (AvgIpc) is 3.02. The molecule has 1 aliphatic heterocycles. The van der Waals surface area contributed by atoms with E-state index in [0.29, 0.717) is 19.8 Å². The van der Waals surface area contributed by atoms with Crippen molar-refractivity contribution in [1.82, 2.24) is 4.31 Å². The molecule has 1 unspecified atom stereocenters. The van der Waals surface area contributed by atoms with E-state index in [1.807, 2.05) is 0 Å². The topological polar surface area (TPSA) is 86.1 Å². The summed E-state index contributed by atoms with van der Waals surface area (Å²) in [6, 6.07) is 2.65. The van der Waals surface area contributed by atoms with Crippen molar-refractivity contribution in [2.24, 2.45) is 5.92 Å². The molecule has 1 aromatic heterocycles. The van der Waals surface area contributed by atoms with Gasteiger partial charge in [-0.05, 0) is 37.3 Å². The molecule has 2 aliphatic rings. The molecule has 1 aliphatic carbocycles. The molecule has 2 heterocycles. The molecule has 0 bridgehead atoms. The Bertz CT molecular complexity index is 642. The van der Waals surface area contributed by atoms with E-state index >= 15 is 0 Å². The zero-order valence-corrected chi connectivity index (χ0v) is 13.2. The first kappa shape index (κ1) is 15.5. The molecule has 1 saturated heterocycles. The van der Waals surface area contributed by atoms with Gasteiger partial charge in [0.15, 0.2) is 0 Å². The number of esters is 1. The monoisotopic (exact) mass is 329 g/mol. The Morgan fingerprint density at radius 1 is 1.36 bits per heavy atom. The summed E-state index contributed by atoms with van der Waals surface area (Å²) in [5.74, 6) is -0.588. The molecule has 0 radical (unpaired) electrons. The van der Waals surface area contributed by atoms with Gasteiger partial charge in [0.25, 0.3) is 10.0 Å². The van der Waals surface area contributed by atoms with Crippen LogP contribution in [0.15, 0.2) is 21.6 Å². The van der Waals surface area contributed by atoms with Crippen LogP contribution < -0.4 is 0 Å². The third kappa shape index (κ3) is 3.04. The first-order chi connectivity index (χ1) is 10.5. The smallest absolute Gasteiger partial charge is 0.374 e. The lowest BCUT2D eigenvalue weighted by molar-refractivity contribution is 0.0558. The molecule has 2 fully saturated rings. The van der Waals surface area contributed by atoms with Crippen molar-refractivity contribution in [1.29, 1.82) is 0 Å². The number of sulfonamides is 1. The second-order valence-electron chi connectivity index (χ2n) is 5.65. The van der Waals surface area contributed by atoms with Gasteiger partial charge in [-0.3, -0.25) is 0 Å². The SMILES string of the molecule is COC(=O)c1ccc(S(=O)(=O)N(CC2CCOC2)C2CC2)o1. The number of methoxy groups -OCH3 is 1. The van der Waals surface area contributed by atoms with Crippen molar-refractivity contribution < 1.29 is 27.1 Å². The van der Waals surface area contributed by atoms with Crippen LogP contribution in [0.5, 0.6) is 0 Å². The Morgan fingerprint density at radius 3 is 2.73 bits per heavy atom. The number of hydrogen-bond donors (Lipinski definition) is 0. The lowest BCUT2D eigenvalue weighted by atomic mass is 10.1. The van der Waals surface area contributed by atoms with Crippen molar-refractivity contribution in [2.75, 3.05) is 26.9 Å². The van der Waals surface area contributed by atoms with Crippen molar-refractivity contribution in [2.45, 2.75) is 30.4 Å². The standard InChI is InChI=1S/C14H19NO6S/c1-19-14(16)12-4-5-13(21-12)22(17,18)15(11-2-3-11)8-10-6-7-20-9-10/h4-5,10-11H,2-3,6-9H2,1H3. The molecule has 3 rings (SSSR count). The van der Waals surface area contributed by atoms with Crippen LogP contribution in [0.25, 0.3) is 0 Å². The predicted molar refractivity (Wildman–Crippen MR) is 75.9 cm³/mol. The summed E-state index contributed by atoms with van der Waals surface area (Å²) < 4.78 is 42.1. The number of carbonyl (C=O) groups is 1. The van der Waals surface area contributed by atoms with Gasteiger partial charge in [-0.15, -0.1) is 0 Å². The summed E-state index contributed by atoms with van der Waals surface area (Å²) in [4.78, 5) is 11.4. The molecule has 0 N–H and O–H groups in total. The van der Waals surface area contributed by atoms with Gasteiger partial charge in [-0.1, -0.05) is 0 Å². The second-order valence-corrected chi connectivity index (χ2v) is 7.47. The Morgan fingerprint density at radius 2 is 2.14 bits per heavy atom. The fraction of sp³-hybridized carbons (Fsp3) is 0.643. The zero-order valence-electron chi connectivity index (χ0n) is 12.4. The van der Waals surface area contributed by atoms with E-state index in [1.54, 1.807) is 0 Å². The van der Waals surface area contributed by atoms with E-state index in [4.69, 9.17) is 9.15 Å². The quantitative estimate of drug-likeness (QED) is 0.730. The highest BCUT2D eigenvalue weighted by molar-refractivity contribution is 7.89. The highest BCUT2D eigenvalue weighted by Crippen LogP contribution is 2.34. The minimum atomic E-state index is -3.74. The molecule has 122 valence electrons. The van der Waals surface area contributed by atoms with Crippen LogP contribution in [-0.4, -0.2) is 51.6 Å². The summed E-state index contributed by atoms with van der Waals surface area (Å²) >= 11 is 0. The van der Waals surface area contributed by atoms with E-state index in [2.05, 4.69) is 4.74 Å². The van der Waals surface area contributed by atoms with E-state index in [-0.39, 0.29) is 22.8 Å². The maximum atomic E-state index is 12.8. The molecule has 1 aromatic rings. The molecule has 7 nitrogen and oxygen atoms in total. The summed E-state index contributed by atoms with van der Waals surface area (Å²) in [6.07, 6.45) is 2.58. The van der Waals surface area contributed by atoms with Crippen molar-refractivity contribution >= 4 is 16.0 Å². The summed E-state index contributed by atoms with van der Waals surface area (Å²) in [5.41, 5.74) is 0. The maximum absolute atomic E-state index is 12.8. The highest BCUT2D eigenvalue weighted by atomic mass is 32.2. The first-order valence-corrected chi connectivity index (χ1v) is 8.74.